The number of aliphatic imine (C=N–C) groups is 1. The van der Waals surface area contributed by atoms with Crippen molar-refractivity contribution in [3.05, 3.63) is 124 Å². The van der Waals surface area contributed by atoms with Gasteiger partial charge in [-0.05, 0) is 97.4 Å². The number of thiophene rings is 1. The number of phenolic OH excluding ortho intramolecular Hbond substituents is 1. The van der Waals surface area contributed by atoms with E-state index in [0.29, 0.717) is 28.6 Å². The highest BCUT2D eigenvalue weighted by atomic mass is 32.1. The maximum absolute atomic E-state index is 13.8. The van der Waals surface area contributed by atoms with Gasteiger partial charge in [0.1, 0.15) is 23.2 Å². The topological polar surface area (TPSA) is 85.2 Å². The number of aromatic hydroxyl groups is 1. The summed E-state index contributed by atoms with van der Waals surface area (Å²) in [5.41, 5.74) is 0.746. The predicted molar refractivity (Wildman–Crippen MR) is 174 cm³/mol. The Balaban J connectivity index is 0.000000292. The lowest BCUT2D eigenvalue weighted by Crippen LogP contribution is -2.44. The summed E-state index contributed by atoms with van der Waals surface area (Å²) in [6, 6.07) is 22.2. The van der Waals surface area contributed by atoms with Gasteiger partial charge >= 0.3 is 0 Å². The van der Waals surface area contributed by atoms with Gasteiger partial charge in [-0.25, -0.2) is 13.8 Å². The third kappa shape index (κ3) is 8.37. The van der Waals surface area contributed by atoms with Crippen LogP contribution in [0.25, 0.3) is 0 Å². The van der Waals surface area contributed by atoms with Gasteiger partial charge in [0.25, 0.3) is 5.91 Å². The number of phenols is 1. The first-order valence-electron chi connectivity index (χ1n) is 14.7. The number of amides is 1. The fourth-order valence-electron chi connectivity index (χ4n) is 4.55. The fourth-order valence-corrected chi connectivity index (χ4v) is 5.27. The smallest absolute Gasteiger partial charge is 0.265 e. The Morgan fingerprint density at radius 2 is 1.43 bits per heavy atom. The molecule has 1 aliphatic rings. The molecule has 3 N–H and O–H groups in total. The maximum atomic E-state index is 13.8. The molecule has 2 unspecified atom stereocenters. The highest BCUT2D eigenvalue weighted by Gasteiger charge is 2.51. The van der Waals surface area contributed by atoms with Crippen molar-refractivity contribution >= 4 is 23.1 Å². The van der Waals surface area contributed by atoms with E-state index in [-0.39, 0.29) is 12.5 Å². The lowest BCUT2D eigenvalue weighted by Gasteiger charge is -2.28. The Kier molecular flexibility index (Phi) is 12.8. The second-order valence-corrected chi connectivity index (χ2v) is 11.5. The van der Waals surface area contributed by atoms with Crippen LogP contribution in [0.4, 0.5) is 8.78 Å². The molecule has 0 saturated heterocycles. The number of halogens is 2. The third-order valence-corrected chi connectivity index (χ3v) is 8.09. The van der Waals surface area contributed by atoms with Gasteiger partial charge in [0, 0.05) is 0 Å². The lowest BCUT2D eigenvalue weighted by atomic mass is 9.82. The molecule has 6 nitrogen and oxygen atoms in total. The van der Waals surface area contributed by atoms with Crippen molar-refractivity contribution in [2.45, 2.75) is 51.7 Å². The number of benzene rings is 3. The first kappa shape index (κ1) is 34.6. The van der Waals surface area contributed by atoms with Crippen LogP contribution >= 0.6 is 11.3 Å². The zero-order valence-corrected chi connectivity index (χ0v) is 26.6. The van der Waals surface area contributed by atoms with Crippen LogP contribution in [0.15, 0.2) is 95.3 Å². The number of amidine groups is 1. The molecular formula is C35H41F2N3O3S. The molecule has 2 atom stereocenters. The number of carbonyl (C=O) groups is 1. The minimum absolute atomic E-state index is 0.0553. The third-order valence-electron chi connectivity index (χ3n) is 7.22. The van der Waals surface area contributed by atoms with E-state index in [1.54, 1.807) is 19.1 Å². The van der Waals surface area contributed by atoms with Crippen LogP contribution < -0.4 is 5.32 Å². The van der Waals surface area contributed by atoms with Crippen molar-refractivity contribution in [2.24, 2.45) is 4.99 Å². The quantitative estimate of drug-likeness (QED) is 0.197. The van der Waals surface area contributed by atoms with Gasteiger partial charge in [-0.2, -0.15) is 0 Å². The SMILES string of the molecule is CC(O)CN1C(=O)C(c2ccc(F)cc2)(c2ccc(F)cc2)N=C1c1cccs1.CCC(C)c1ccc(O)cc1.CCNC. The van der Waals surface area contributed by atoms with E-state index in [1.807, 2.05) is 36.7 Å². The Morgan fingerprint density at radius 1 is 0.909 bits per heavy atom. The van der Waals surface area contributed by atoms with Gasteiger partial charge in [0.15, 0.2) is 5.54 Å². The van der Waals surface area contributed by atoms with E-state index in [0.717, 1.165) is 17.8 Å². The minimum atomic E-state index is -1.49. The molecule has 0 bridgehead atoms. The van der Waals surface area contributed by atoms with Crippen LogP contribution in [0, 0.1) is 11.6 Å². The summed E-state index contributed by atoms with van der Waals surface area (Å²) < 4.78 is 27.2. The van der Waals surface area contributed by atoms with Gasteiger partial charge in [0.05, 0.1) is 17.5 Å². The summed E-state index contributed by atoms with van der Waals surface area (Å²) in [7, 11) is 1.93. The summed E-state index contributed by atoms with van der Waals surface area (Å²) in [6.07, 6.45) is 0.367. The van der Waals surface area contributed by atoms with E-state index >= 15 is 0 Å². The largest absolute Gasteiger partial charge is 0.508 e. The van der Waals surface area contributed by atoms with Crippen LogP contribution in [-0.2, 0) is 10.3 Å². The molecule has 0 saturated carbocycles. The highest BCUT2D eigenvalue weighted by molar-refractivity contribution is 7.12. The van der Waals surface area contributed by atoms with Gasteiger partial charge in [-0.3, -0.25) is 9.69 Å². The Bertz CT molecular complexity index is 1430. The summed E-state index contributed by atoms with van der Waals surface area (Å²) in [6.45, 7) is 9.14. The molecule has 3 aromatic carbocycles. The first-order chi connectivity index (χ1) is 21.1. The number of β-amino-alcohol motifs (C(OH)–C–C–N with tert-alkyl or cyclic N) is 1. The predicted octanol–water partition coefficient (Wildman–Crippen LogP) is 7.07. The van der Waals surface area contributed by atoms with Gasteiger partial charge in [0.2, 0.25) is 0 Å². The number of rotatable bonds is 8. The Hall–Kier alpha value is -3.92. The molecule has 0 aliphatic carbocycles. The summed E-state index contributed by atoms with van der Waals surface area (Å²) in [5.74, 6) is 0.126. The molecule has 1 amide bonds. The van der Waals surface area contributed by atoms with Crippen molar-refractivity contribution in [2.75, 3.05) is 20.1 Å². The zero-order chi connectivity index (χ0) is 32.3. The second-order valence-electron chi connectivity index (χ2n) is 10.5. The van der Waals surface area contributed by atoms with Crippen molar-refractivity contribution in [1.82, 2.24) is 10.2 Å². The van der Waals surface area contributed by atoms with E-state index in [9.17, 15) is 18.7 Å². The van der Waals surface area contributed by atoms with E-state index in [1.165, 1.54) is 70.3 Å². The highest BCUT2D eigenvalue weighted by Crippen LogP contribution is 2.42. The first-order valence-corrected chi connectivity index (χ1v) is 15.5. The van der Waals surface area contributed by atoms with Gasteiger partial charge in [-0.1, -0.05) is 63.2 Å². The molecule has 9 heteroatoms. The standard InChI is InChI=1S/C22H18F2N2O2S.C10H14O.C3H9N/c1-14(27)13-26-20(19-3-2-12-29-19)25-22(21(26)28,15-4-8-17(23)9-5-15)16-6-10-18(24)11-7-16;1-3-8(2)9-4-6-10(11)7-5-9;1-3-4-2/h2-12,14,27H,13H2,1H3;4-8,11H,3H2,1-2H3;4H,3H2,1-2H3. The van der Waals surface area contributed by atoms with Crippen molar-refractivity contribution in [3.63, 3.8) is 0 Å². The molecular weight excluding hydrogens is 580 g/mol. The average molecular weight is 622 g/mol. The zero-order valence-electron chi connectivity index (χ0n) is 25.8. The van der Waals surface area contributed by atoms with Crippen molar-refractivity contribution in [1.29, 1.82) is 0 Å². The number of carbonyl (C=O) groups excluding carboxylic acids is 1. The van der Waals surface area contributed by atoms with Crippen LogP contribution in [0.3, 0.4) is 0 Å². The van der Waals surface area contributed by atoms with Gasteiger partial charge in [-0.15, -0.1) is 11.3 Å². The number of nitrogens with zero attached hydrogens (tertiary/aromatic N) is 2. The van der Waals surface area contributed by atoms with Crippen LogP contribution in [0.1, 0.15) is 61.6 Å². The second kappa shape index (κ2) is 16.2. The molecule has 5 rings (SSSR count). The van der Waals surface area contributed by atoms with Crippen LogP contribution in [0.2, 0.25) is 0 Å². The fraction of sp³-hybridized carbons (Fsp3) is 0.314. The number of hydrogen-bond acceptors (Lipinski definition) is 6. The lowest BCUT2D eigenvalue weighted by molar-refractivity contribution is -0.131. The summed E-state index contributed by atoms with van der Waals surface area (Å²) in [5, 5.41) is 23.8. The number of nitrogens with one attached hydrogen (secondary N) is 1. The van der Waals surface area contributed by atoms with E-state index in [4.69, 9.17) is 10.1 Å². The molecule has 1 aromatic heterocycles. The average Bonchev–Trinajstić information content (AvgIpc) is 3.66. The molecule has 0 fully saturated rings. The molecule has 234 valence electrons. The van der Waals surface area contributed by atoms with Crippen molar-refractivity contribution in [3.8, 4) is 5.75 Å². The molecule has 0 spiro atoms. The maximum Gasteiger partial charge on any atom is 0.265 e. The van der Waals surface area contributed by atoms with E-state index in [2.05, 4.69) is 26.1 Å². The number of aliphatic hydroxyl groups is 1. The van der Waals surface area contributed by atoms with Crippen molar-refractivity contribution < 1.29 is 23.8 Å². The normalized spacial score (nSPS) is 15.0. The van der Waals surface area contributed by atoms with E-state index < -0.39 is 23.3 Å². The number of aliphatic hydroxyl groups excluding tert-OH is 1. The van der Waals surface area contributed by atoms with Gasteiger partial charge < -0.3 is 15.5 Å². The molecule has 1 aliphatic heterocycles. The molecule has 4 aromatic rings. The molecule has 2 heterocycles. The Labute approximate surface area is 262 Å². The summed E-state index contributed by atoms with van der Waals surface area (Å²) in [4.78, 5) is 20.8. The Morgan fingerprint density at radius 3 is 1.84 bits per heavy atom. The monoisotopic (exact) mass is 621 g/mol. The van der Waals surface area contributed by atoms with Crippen LogP contribution in [-0.4, -0.2) is 53.1 Å². The van der Waals surface area contributed by atoms with Crippen LogP contribution in [0.5, 0.6) is 5.75 Å². The summed E-state index contributed by atoms with van der Waals surface area (Å²) >= 11 is 1.42. The molecule has 44 heavy (non-hydrogen) atoms. The molecule has 0 radical (unpaired) electrons. The minimum Gasteiger partial charge on any atom is -0.508 e. The number of hydrogen-bond donors (Lipinski definition) is 3.